The van der Waals surface area contributed by atoms with E-state index in [0.717, 1.165) is 16.8 Å². The van der Waals surface area contributed by atoms with Crippen LogP contribution in [0.15, 0.2) is 67.3 Å². The van der Waals surface area contributed by atoms with Gasteiger partial charge < -0.3 is 19.3 Å². The maximum Gasteiger partial charge on any atom is 0.222 e. The molecule has 0 fully saturated rings. The van der Waals surface area contributed by atoms with Gasteiger partial charge in [-0.1, -0.05) is 48.5 Å². The minimum absolute atomic E-state index is 0.118. The van der Waals surface area contributed by atoms with Gasteiger partial charge in [0.05, 0.1) is 31.5 Å². The number of benzene rings is 2. The predicted octanol–water partition coefficient (Wildman–Crippen LogP) is 4.03. The number of halogens is 1. The summed E-state index contributed by atoms with van der Waals surface area (Å²) < 4.78 is 32.7. The lowest BCUT2D eigenvalue weighted by Crippen LogP contribution is -2.36. The van der Waals surface area contributed by atoms with E-state index in [1.807, 2.05) is 35.2 Å². The number of hydrogen-bond donors (Lipinski definition) is 1. The standard InChI is InChI=1S/C26H32FN3O4/c1-4-15-33-19-21(31)17-30(14-16-32-3)18-22-25(20-10-6-5-7-11-20)28-29(2)26(22)34-24-13-9-8-12-23(24)27/h4-13,21,31H,1,14-19H2,2-3H3. The van der Waals surface area contributed by atoms with Gasteiger partial charge in [-0.3, -0.25) is 4.90 Å². The van der Waals surface area contributed by atoms with Crippen molar-refractivity contribution in [2.75, 3.05) is 40.0 Å². The molecule has 0 amide bonds. The molecule has 7 nitrogen and oxygen atoms in total. The zero-order valence-electron chi connectivity index (χ0n) is 19.7. The average Bonchev–Trinajstić information content (AvgIpc) is 3.14. The van der Waals surface area contributed by atoms with E-state index in [2.05, 4.69) is 6.58 Å². The second-order valence-corrected chi connectivity index (χ2v) is 7.86. The number of aliphatic hydroxyl groups excluding tert-OH is 1. The topological polar surface area (TPSA) is 69.0 Å². The van der Waals surface area contributed by atoms with Gasteiger partial charge >= 0.3 is 0 Å². The Labute approximate surface area is 200 Å². The molecule has 0 saturated heterocycles. The Hall–Kier alpha value is -3.04. The number of aryl methyl sites for hydroxylation is 1. The van der Waals surface area contributed by atoms with Crippen molar-refractivity contribution in [1.29, 1.82) is 0 Å². The first-order chi connectivity index (χ1) is 16.5. The smallest absolute Gasteiger partial charge is 0.222 e. The average molecular weight is 470 g/mol. The summed E-state index contributed by atoms with van der Waals surface area (Å²) in [5.74, 6) is 0.0957. The summed E-state index contributed by atoms with van der Waals surface area (Å²) in [4.78, 5) is 2.04. The third-order valence-electron chi connectivity index (χ3n) is 5.19. The van der Waals surface area contributed by atoms with Crippen LogP contribution in [0.4, 0.5) is 4.39 Å². The molecule has 0 aliphatic carbocycles. The van der Waals surface area contributed by atoms with Crippen molar-refractivity contribution in [2.45, 2.75) is 12.6 Å². The molecule has 1 unspecified atom stereocenters. The Morgan fingerprint density at radius 1 is 1.18 bits per heavy atom. The molecule has 0 spiro atoms. The molecule has 1 aromatic heterocycles. The van der Waals surface area contributed by atoms with Crippen molar-refractivity contribution in [3.8, 4) is 22.9 Å². The fraction of sp³-hybridized carbons (Fsp3) is 0.346. The summed E-state index contributed by atoms with van der Waals surface area (Å²) in [7, 11) is 3.40. The minimum Gasteiger partial charge on any atom is -0.436 e. The molecule has 0 aliphatic heterocycles. The van der Waals surface area contributed by atoms with E-state index in [1.165, 1.54) is 6.07 Å². The van der Waals surface area contributed by atoms with Gasteiger partial charge in [0.25, 0.3) is 0 Å². The molecule has 0 radical (unpaired) electrons. The van der Waals surface area contributed by atoms with Gasteiger partial charge in [0, 0.05) is 39.4 Å². The summed E-state index contributed by atoms with van der Waals surface area (Å²) in [5.41, 5.74) is 2.43. The van der Waals surface area contributed by atoms with Crippen LogP contribution in [0.25, 0.3) is 11.3 Å². The summed E-state index contributed by atoms with van der Waals surface area (Å²) in [6.07, 6.45) is 0.938. The van der Waals surface area contributed by atoms with Gasteiger partial charge in [-0.2, -0.15) is 5.10 Å². The van der Waals surface area contributed by atoms with Crippen molar-refractivity contribution in [3.63, 3.8) is 0 Å². The van der Waals surface area contributed by atoms with Crippen molar-refractivity contribution in [3.05, 3.63) is 78.6 Å². The second-order valence-electron chi connectivity index (χ2n) is 7.86. The molecule has 0 aliphatic rings. The lowest BCUT2D eigenvalue weighted by atomic mass is 10.1. The maximum atomic E-state index is 14.4. The van der Waals surface area contributed by atoms with Gasteiger partial charge in [0.15, 0.2) is 11.6 Å². The van der Waals surface area contributed by atoms with E-state index in [0.29, 0.717) is 38.7 Å². The number of rotatable bonds is 14. The highest BCUT2D eigenvalue weighted by atomic mass is 19.1. The molecular weight excluding hydrogens is 437 g/mol. The lowest BCUT2D eigenvalue weighted by molar-refractivity contribution is 0.0193. The fourth-order valence-electron chi connectivity index (χ4n) is 3.60. The Kier molecular flexibility index (Phi) is 9.78. The van der Waals surface area contributed by atoms with E-state index in [9.17, 15) is 9.50 Å². The van der Waals surface area contributed by atoms with Crippen LogP contribution in [-0.4, -0.2) is 65.9 Å². The van der Waals surface area contributed by atoms with Crippen LogP contribution in [0.1, 0.15) is 5.56 Å². The highest BCUT2D eigenvalue weighted by molar-refractivity contribution is 5.65. The molecule has 1 atom stereocenters. The fourth-order valence-corrected chi connectivity index (χ4v) is 3.60. The molecule has 3 aromatic rings. The monoisotopic (exact) mass is 469 g/mol. The second kappa shape index (κ2) is 13.0. The number of nitrogens with zero attached hydrogens (tertiary/aromatic N) is 3. The van der Waals surface area contributed by atoms with Gasteiger partial charge in [-0.25, -0.2) is 9.07 Å². The highest BCUT2D eigenvalue weighted by Crippen LogP contribution is 2.34. The zero-order valence-corrected chi connectivity index (χ0v) is 19.7. The number of aromatic nitrogens is 2. The molecule has 1 N–H and O–H groups in total. The summed E-state index contributed by atoms with van der Waals surface area (Å²) in [6, 6.07) is 16.0. The molecule has 8 heteroatoms. The SMILES string of the molecule is C=CCOCC(O)CN(CCOC)Cc1c(-c2ccccc2)nn(C)c1Oc1ccccc1F. The largest absolute Gasteiger partial charge is 0.436 e. The molecule has 0 bridgehead atoms. The summed E-state index contributed by atoms with van der Waals surface area (Å²) in [6.45, 7) is 5.98. The number of methoxy groups -OCH3 is 1. The maximum absolute atomic E-state index is 14.4. The number of para-hydroxylation sites is 1. The highest BCUT2D eigenvalue weighted by Gasteiger charge is 2.24. The number of hydrogen-bond acceptors (Lipinski definition) is 6. The lowest BCUT2D eigenvalue weighted by Gasteiger charge is -2.25. The zero-order chi connectivity index (χ0) is 24.3. The van der Waals surface area contributed by atoms with Crippen molar-refractivity contribution in [1.82, 2.24) is 14.7 Å². The van der Waals surface area contributed by atoms with Gasteiger partial charge in [0.2, 0.25) is 5.88 Å². The number of aliphatic hydroxyl groups is 1. The first-order valence-electron chi connectivity index (χ1n) is 11.1. The van der Waals surface area contributed by atoms with E-state index in [4.69, 9.17) is 19.3 Å². The third kappa shape index (κ3) is 6.98. The predicted molar refractivity (Wildman–Crippen MR) is 129 cm³/mol. The van der Waals surface area contributed by atoms with Crippen LogP contribution in [0.2, 0.25) is 0 Å². The Morgan fingerprint density at radius 2 is 1.91 bits per heavy atom. The quantitative estimate of drug-likeness (QED) is 0.284. The molecule has 1 heterocycles. The Morgan fingerprint density at radius 3 is 2.62 bits per heavy atom. The summed E-state index contributed by atoms with van der Waals surface area (Å²) >= 11 is 0. The normalized spacial score (nSPS) is 12.1. The van der Waals surface area contributed by atoms with Gasteiger partial charge in [0.1, 0.15) is 5.69 Å². The molecule has 2 aromatic carbocycles. The van der Waals surface area contributed by atoms with Crippen LogP contribution >= 0.6 is 0 Å². The van der Waals surface area contributed by atoms with E-state index >= 15 is 0 Å². The van der Waals surface area contributed by atoms with Crippen molar-refractivity contribution in [2.24, 2.45) is 7.05 Å². The molecule has 0 saturated carbocycles. The molecule has 34 heavy (non-hydrogen) atoms. The van der Waals surface area contributed by atoms with Crippen LogP contribution in [0, 0.1) is 5.82 Å². The number of ether oxygens (including phenoxy) is 3. The molecule has 182 valence electrons. The van der Waals surface area contributed by atoms with E-state index in [-0.39, 0.29) is 12.4 Å². The Balaban J connectivity index is 1.94. The first-order valence-corrected chi connectivity index (χ1v) is 11.1. The van der Waals surface area contributed by atoms with E-state index < -0.39 is 11.9 Å². The minimum atomic E-state index is -0.704. The third-order valence-corrected chi connectivity index (χ3v) is 5.19. The van der Waals surface area contributed by atoms with Crippen LogP contribution in [-0.2, 0) is 23.1 Å². The van der Waals surface area contributed by atoms with Crippen molar-refractivity contribution < 1.29 is 23.7 Å². The Bertz CT molecular complexity index is 1040. The van der Waals surface area contributed by atoms with Crippen LogP contribution in [0.5, 0.6) is 11.6 Å². The van der Waals surface area contributed by atoms with Crippen LogP contribution in [0.3, 0.4) is 0 Å². The van der Waals surface area contributed by atoms with E-state index in [1.54, 1.807) is 43.1 Å². The van der Waals surface area contributed by atoms with Gasteiger partial charge in [-0.05, 0) is 12.1 Å². The van der Waals surface area contributed by atoms with Crippen molar-refractivity contribution >= 4 is 0 Å². The molecule has 3 rings (SSSR count). The summed E-state index contributed by atoms with van der Waals surface area (Å²) in [5, 5.41) is 15.2. The first kappa shape index (κ1) is 25.6. The van der Waals surface area contributed by atoms with Crippen LogP contribution < -0.4 is 4.74 Å². The van der Waals surface area contributed by atoms with Gasteiger partial charge in [-0.15, -0.1) is 6.58 Å². The molecular formula is C26H32FN3O4.